The number of carboxylic acid groups (broad SMARTS) is 1. The predicted molar refractivity (Wildman–Crippen MR) is 127 cm³/mol. The molecule has 2 N–H and O–H groups in total. The highest BCUT2D eigenvalue weighted by molar-refractivity contribution is 7.93. The van der Waals surface area contributed by atoms with E-state index in [1.807, 2.05) is 6.07 Å². The Morgan fingerprint density at radius 2 is 1.88 bits per heavy atom. The Morgan fingerprint density at radius 1 is 1.06 bits per heavy atom. The zero-order valence-corrected chi connectivity index (χ0v) is 19.1. The normalized spacial score (nSPS) is 10.9. The van der Waals surface area contributed by atoms with E-state index >= 15 is 0 Å². The van der Waals surface area contributed by atoms with Crippen molar-refractivity contribution < 1.29 is 23.1 Å². The largest absolute Gasteiger partial charge is 0.497 e. The summed E-state index contributed by atoms with van der Waals surface area (Å²) in [5.74, 6) is 5.15. The average Bonchev–Trinajstić information content (AvgIpc) is 2.83. The van der Waals surface area contributed by atoms with Gasteiger partial charge >= 0.3 is 5.97 Å². The van der Waals surface area contributed by atoms with Gasteiger partial charge in [0.15, 0.2) is 0 Å². The molecule has 0 bridgehead atoms. The van der Waals surface area contributed by atoms with Gasteiger partial charge in [-0.25, -0.2) is 18.2 Å². The van der Waals surface area contributed by atoms with Crippen molar-refractivity contribution in [2.45, 2.75) is 11.8 Å². The molecule has 0 aliphatic heterocycles. The van der Waals surface area contributed by atoms with E-state index in [0.717, 1.165) is 0 Å². The number of nitrogens with one attached hydrogen (secondary N) is 1. The molecule has 2 aromatic carbocycles. The summed E-state index contributed by atoms with van der Waals surface area (Å²) in [4.78, 5) is 19.2. The van der Waals surface area contributed by atoms with E-state index in [9.17, 15) is 13.2 Å². The summed E-state index contributed by atoms with van der Waals surface area (Å²) in [5, 5.41) is 9.69. The summed E-state index contributed by atoms with van der Waals surface area (Å²) in [6, 6.07) is 14.8. The maximum Gasteiger partial charge on any atom is 0.354 e. The molecule has 0 aliphatic rings. The molecule has 0 saturated heterocycles. The highest BCUT2D eigenvalue weighted by Gasteiger charge is 2.22. The Labute approximate surface area is 196 Å². The molecule has 170 valence electrons. The Hall–Kier alpha value is -4.42. The second-order valence-corrected chi connectivity index (χ2v) is 8.91. The molecule has 0 atom stereocenters. The fraction of sp³-hybridized carbons (Fsp3) is 0.0800. The number of sulfonamides is 1. The van der Waals surface area contributed by atoms with Crippen LogP contribution in [0.15, 0.2) is 71.9 Å². The van der Waals surface area contributed by atoms with Gasteiger partial charge in [0.1, 0.15) is 16.3 Å². The maximum atomic E-state index is 13.4. The number of carbonyl (C=O) groups is 1. The van der Waals surface area contributed by atoms with E-state index in [0.29, 0.717) is 33.3 Å². The van der Waals surface area contributed by atoms with E-state index in [1.54, 1.807) is 49.5 Å². The molecule has 0 amide bonds. The second kappa shape index (κ2) is 9.21. The number of hydrogen-bond acceptors (Lipinski definition) is 6. The standard InChI is InChI=1S/C25H19N3O5S/c1-16-5-8-18-4-3-13-26-23(18)24(16)34(31,32)28-21-12-10-20(33-2)14-19(21)9-6-17-7-11-22(25(29)30)27-15-17/h3-5,7-8,10-15,28H,1-2H3,(H,29,30). The molecule has 0 fully saturated rings. The number of fused-ring (bicyclic) bond motifs is 1. The third-order valence-electron chi connectivity index (χ3n) is 4.99. The van der Waals surface area contributed by atoms with Crippen LogP contribution in [-0.4, -0.2) is 36.6 Å². The number of ether oxygens (including phenoxy) is 1. The summed E-state index contributed by atoms with van der Waals surface area (Å²) in [5.41, 5.74) is 1.94. The van der Waals surface area contributed by atoms with Gasteiger partial charge in [-0.3, -0.25) is 9.71 Å². The lowest BCUT2D eigenvalue weighted by Crippen LogP contribution is -2.16. The lowest BCUT2D eigenvalue weighted by atomic mass is 10.1. The lowest BCUT2D eigenvalue weighted by Gasteiger charge is -2.14. The van der Waals surface area contributed by atoms with Crippen LogP contribution in [0, 0.1) is 18.8 Å². The molecule has 0 unspecified atom stereocenters. The Balaban J connectivity index is 1.75. The van der Waals surface area contributed by atoms with Gasteiger partial charge in [0.05, 0.1) is 23.9 Å². The molecule has 4 aromatic rings. The van der Waals surface area contributed by atoms with Crippen LogP contribution in [0.3, 0.4) is 0 Å². The molecule has 34 heavy (non-hydrogen) atoms. The first-order valence-electron chi connectivity index (χ1n) is 10.0. The van der Waals surface area contributed by atoms with Crippen molar-refractivity contribution in [3.8, 4) is 17.6 Å². The van der Waals surface area contributed by atoms with Crippen molar-refractivity contribution in [3.05, 3.63) is 89.4 Å². The van der Waals surface area contributed by atoms with Crippen LogP contribution in [0.25, 0.3) is 10.9 Å². The number of nitrogens with zero attached hydrogens (tertiary/aromatic N) is 2. The van der Waals surface area contributed by atoms with E-state index in [2.05, 4.69) is 26.5 Å². The first-order valence-corrected chi connectivity index (χ1v) is 11.5. The number of carboxylic acids is 1. The van der Waals surface area contributed by atoms with Gasteiger partial charge in [0.2, 0.25) is 0 Å². The minimum Gasteiger partial charge on any atom is -0.497 e. The van der Waals surface area contributed by atoms with Crippen LogP contribution in [0.2, 0.25) is 0 Å². The van der Waals surface area contributed by atoms with Crippen LogP contribution < -0.4 is 9.46 Å². The number of aromatic nitrogens is 2. The maximum absolute atomic E-state index is 13.4. The number of anilines is 1. The Bertz CT molecular complexity index is 1570. The molecule has 8 nitrogen and oxygen atoms in total. The van der Waals surface area contributed by atoms with Gasteiger partial charge in [0, 0.05) is 23.3 Å². The summed E-state index contributed by atoms with van der Waals surface area (Å²) in [6.45, 7) is 1.71. The zero-order chi connectivity index (χ0) is 24.3. The molecule has 2 aromatic heterocycles. The molecular formula is C25H19N3O5S. The molecule has 0 aliphatic carbocycles. The molecule has 4 rings (SSSR count). The third kappa shape index (κ3) is 4.67. The Kier molecular flexibility index (Phi) is 6.17. The van der Waals surface area contributed by atoms with Gasteiger partial charge in [-0.15, -0.1) is 0 Å². The summed E-state index contributed by atoms with van der Waals surface area (Å²) >= 11 is 0. The minimum atomic E-state index is -4.01. The molecule has 0 saturated carbocycles. The monoisotopic (exact) mass is 473 g/mol. The quantitative estimate of drug-likeness (QED) is 0.423. The van der Waals surface area contributed by atoms with Crippen molar-refractivity contribution in [2.24, 2.45) is 0 Å². The van der Waals surface area contributed by atoms with Crippen molar-refractivity contribution >= 4 is 32.6 Å². The fourth-order valence-electron chi connectivity index (χ4n) is 3.33. The third-order valence-corrected chi connectivity index (χ3v) is 6.53. The van der Waals surface area contributed by atoms with Crippen LogP contribution in [-0.2, 0) is 10.0 Å². The molecule has 2 heterocycles. The number of hydrogen-bond donors (Lipinski definition) is 2. The highest BCUT2D eigenvalue weighted by Crippen LogP contribution is 2.29. The summed E-state index contributed by atoms with van der Waals surface area (Å²) in [6.07, 6.45) is 2.89. The number of methoxy groups -OCH3 is 1. The molecule has 0 radical (unpaired) electrons. The van der Waals surface area contributed by atoms with Crippen molar-refractivity contribution in [1.29, 1.82) is 0 Å². The van der Waals surface area contributed by atoms with E-state index in [1.165, 1.54) is 25.4 Å². The second-order valence-electron chi connectivity index (χ2n) is 7.29. The zero-order valence-electron chi connectivity index (χ0n) is 18.2. The fourth-order valence-corrected chi connectivity index (χ4v) is 4.82. The van der Waals surface area contributed by atoms with Crippen LogP contribution in [0.4, 0.5) is 5.69 Å². The van der Waals surface area contributed by atoms with Gasteiger partial charge in [-0.2, -0.15) is 0 Å². The smallest absolute Gasteiger partial charge is 0.354 e. The van der Waals surface area contributed by atoms with Crippen LogP contribution in [0.1, 0.15) is 27.2 Å². The minimum absolute atomic E-state index is 0.0915. The predicted octanol–water partition coefficient (Wildman–Crippen LogP) is 3.85. The van der Waals surface area contributed by atoms with E-state index in [4.69, 9.17) is 9.84 Å². The first-order chi connectivity index (χ1) is 16.3. The van der Waals surface area contributed by atoms with Crippen molar-refractivity contribution in [1.82, 2.24) is 9.97 Å². The average molecular weight is 474 g/mol. The van der Waals surface area contributed by atoms with E-state index in [-0.39, 0.29) is 16.3 Å². The van der Waals surface area contributed by atoms with Gasteiger partial charge in [-0.05, 0) is 48.9 Å². The van der Waals surface area contributed by atoms with Gasteiger partial charge in [0.25, 0.3) is 10.0 Å². The lowest BCUT2D eigenvalue weighted by molar-refractivity contribution is 0.0690. The molecule has 9 heteroatoms. The summed E-state index contributed by atoms with van der Waals surface area (Å²) < 4.78 is 34.7. The summed E-state index contributed by atoms with van der Waals surface area (Å²) in [7, 11) is -2.51. The van der Waals surface area contributed by atoms with E-state index < -0.39 is 16.0 Å². The first kappa shape index (κ1) is 22.8. The van der Waals surface area contributed by atoms with Crippen LogP contribution >= 0.6 is 0 Å². The Morgan fingerprint density at radius 3 is 2.59 bits per heavy atom. The van der Waals surface area contributed by atoms with Crippen LogP contribution in [0.5, 0.6) is 5.75 Å². The number of aromatic carboxylic acids is 1. The SMILES string of the molecule is COc1ccc(NS(=O)(=O)c2c(C)ccc3cccnc23)c(C#Cc2ccc(C(=O)O)nc2)c1. The van der Waals surface area contributed by atoms with Crippen molar-refractivity contribution in [2.75, 3.05) is 11.8 Å². The van der Waals surface area contributed by atoms with Gasteiger partial charge < -0.3 is 9.84 Å². The number of rotatable bonds is 5. The molecule has 0 spiro atoms. The number of benzene rings is 2. The molecular weight excluding hydrogens is 454 g/mol. The van der Waals surface area contributed by atoms with Gasteiger partial charge in [-0.1, -0.05) is 30.0 Å². The van der Waals surface area contributed by atoms with Crippen molar-refractivity contribution in [3.63, 3.8) is 0 Å². The topological polar surface area (TPSA) is 118 Å². The number of pyridine rings is 2. The highest BCUT2D eigenvalue weighted by atomic mass is 32.2. The number of aryl methyl sites for hydroxylation is 1.